The van der Waals surface area contributed by atoms with Gasteiger partial charge in [-0.15, -0.1) is 0 Å². The van der Waals surface area contributed by atoms with E-state index in [9.17, 15) is 9.59 Å². The van der Waals surface area contributed by atoms with Gasteiger partial charge in [0.2, 0.25) is 0 Å². The van der Waals surface area contributed by atoms with E-state index in [2.05, 4.69) is 4.98 Å². The number of carbonyl (C=O) groups is 1. The van der Waals surface area contributed by atoms with Gasteiger partial charge in [0.25, 0.3) is 5.56 Å². The van der Waals surface area contributed by atoms with Crippen molar-refractivity contribution in [2.45, 2.75) is 18.1 Å². The second-order valence-electron chi connectivity index (χ2n) is 4.25. The third-order valence-corrected chi connectivity index (χ3v) is 3.19. The Morgan fingerprint density at radius 1 is 1.61 bits per heavy atom. The Bertz CT molecular complexity index is 473. The van der Waals surface area contributed by atoms with Crippen LogP contribution in [0.15, 0.2) is 22.2 Å². The third kappa shape index (κ3) is 4.50. The van der Waals surface area contributed by atoms with Crippen LogP contribution in [0.25, 0.3) is 0 Å². The predicted octanol–water partition coefficient (Wildman–Crippen LogP) is 0.543. The molecule has 0 spiro atoms. The van der Waals surface area contributed by atoms with Crippen LogP contribution in [-0.2, 0) is 4.79 Å². The molecule has 1 aromatic heterocycles. The number of aromatic nitrogens is 2. The summed E-state index contributed by atoms with van der Waals surface area (Å²) in [5.74, 6) is -1.03. The molecule has 100 valence electrons. The van der Waals surface area contributed by atoms with Gasteiger partial charge < -0.3 is 14.6 Å². The quantitative estimate of drug-likeness (QED) is 0.601. The highest BCUT2D eigenvalue weighted by Crippen LogP contribution is 2.18. The zero-order chi connectivity index (χ0) is 13.7. The normalized spacial score (nSPS) is 12.7. The number of nitrogens with zero attached hydrogens (tertiary/aromatic N) is 3. The fourth-order valence-corrected chi connectivity index (χ4v) is 2.38. The number of hydrogen-bond acceptors (Lipinski definition) is 5. The minimum Gasteiger partial charge on any atom is -0.481 e. The molecular formula is C11H17N3O3S. The lowest BCUT2D eigenvalue weighted by Crippen LogP contribution is -2.25. The van der Waals surface area contributed by atoms with Crippen molar-refractivity contribution in [2.24, 2.45) is 0 Å². The lowest BCUT2D eigenvalue weighted by atomic mass is 10.3. The van der Waals surface area contributed by atoms with E-state index >= 15 is 0 Å². The highest BCUT2D eigenvalue weighted by atomic mass is 32.2. The SMILES string of the molecule is CC(CN(C)C)n1ccc(=O)nc1SCC(=O)O. The molecule has 6 nitrogen and oxygen atoms in total. The molecule has 18 heavy (non-hydrogen) atoms. The molecule has 0 saturated carbocycles. The Hall–Kier alpha value is -1.34. The summed E-state index contributed by atoms with van der Waals surface area (Å²) in [5, 5.41) is 9.12. The molecule has 0 aliphatic carbocycles. The molecule has 1 aromatic rings. The molecule has 7 heteroatoms. The average Bonchev–Trinajstić information content (AvgIpc) is 2.25. The van der Waals surface area contributed by atoms with Crippen LogP contribution in [0.4, 0.5) is 0 Å². The Morgan fingerprint density at radius 2 is 2.28 bits per heavy atom. The molecule has 0 aromatic carbocycles. The van der Waals surface area contributed by atoms with Crippen LogP contribution in [0.1, 0.15) is 13.0 Å². The Morgan fingerprint density at radius 3 is 2.83 bits per heavy atom. The fraction of sp³-hybridized carbons (Fsp3) is 0.545. The van der Waals surface area contributed by atoms with Gasteiger partial charge in [-0.2, -0.15) is 4.98 Å². The summed E-state index contributed by atoms with van der Waals surface area (Å²) in [5.41, 5.74) is -0.351. The first-order valence-corrected chi connectivity index (χ1v) is 6.47. The topological polar surface area (TPSA) is 75.4 Å². The van der Waals surface area contributed by atoms with Crippen molar-refractivity contribution in [1.29, 1.82) is 0 Å². The molecule has 1 rings (SSSR count). The molecule has 0 aliphatic rings. The van der Waals surface area contributed by atoms with Crippen molar-refractivity contribution in [3.05, 3.63) is 22.6 Å². The van der Waals surface area contributed by atoms with Crippen molar-refractivity contribution in [3.8, 4) is 0 Å². The second kappa shape index (κ2) is 6.55. The van der Waals surface area contributed by atoms with Crippen molar-refractivity contribution < 1.29 is 9.90 Å². The summed E-state index contributed by atoms with van der Waals surface area (Å²) in [4.78, 5) is 27.7. The minimum absolute atomic E-state index is 0.106. The Labute approximate surface area is 110 Å². The molecule has 0 amide bonds. The molecule has 1 N–H and O–H groups in total. The molecule has 0 fully saturated rings. The van der Waals surface area contributed by atoms with Crippen LogP contribution in [0.3, 0.4) is 0 Å². The molecule has 1 atom stereocenters. The Balaban J connectivity index is 2.95. The number of aliphatic carboxylic acids is 1. The van der Waals surface area contributed by atoms with E-state index in [0.29, 0.717) is 5.16 Å². The van der Waals surface area contributed by atoms with Gasteiger partial charge in [-0.1, -0.05) is 11.8 Å². The van der Waals surface area contributed by atoms with Crippen molar-refractivity contribution in [1.82, 2.24) is 14.5 Å². The van der Waals surface area contributed by atoms with Gasteiger partial charge in [-0.25, -0.2) is 0 Å². The summed E-state index contributed by atoms with van der Waals surface area (Å²) in [6.07, 6.45) is 1.66. The zero-order valence-electron chi connectivity index (χ0n) is 10.7. The van der Waals surface area contributed by atoms with Crippen LogP contribution in [-0.4, -0.2) is 51.9 Å². The number of rotatable bonds is 6. The monoisotopic (exact) mass is 271 g/mol. The number of carboxylic acid groups (broad SMARTS) is 1. The van der Waals surface area contributed by atoms with Crippen LogP contribution in [0.5, 0.6) is 0 Å². The number of hydrogen-bond donors (Lipinski definition) is 1. The first-order valence-electron chi connectivity index (χ1n) is 5.48. The largest absolute Gasteiger partial charge is 0.481 e. The van der Waals surface area contributed by atoms with Gasteiger partial charge in [-0.3, -0.25) is 9.59 Å². The second-order valence-corrected chi connectivity index (χ2v) is 5.19. The molecule has 0 saturated heterocycles. The first-order chi connectivity index (χ1) is 8.40. The van der Waals surface area contributed by atoms with Gasteiger partial charge in [0.05, 0.1) is 5.75 Å². The van der Waals surface area contributed by atoms with E-state index in [1.807, 2.05) is 30.5 Å². The summed E-state index contributed by atoms with van der Waals surface area (Å²) < 4.78 is 1.83. The highest BCUT2D eigenvalue weighted by molar-refractivity contribution is 7.99. The molecule has 0 radical (unpaired) electrons. The van der Waals surface area contributed by atoms with Crippen LogP contribution in [0, 0.1) is 0 Å². The van der Waals surface area contributed by atoms with Crippen molar-refractivity contribution in [3.63, 3.8) is 0 Å². The fourth-order valence-electron chi connectivity index (χ4n) is 1.58. The van der Waals surface area contributed by atoms with Gasteiger partial charge in [0.1, 0.15) is 0 Å². The third-order valence-electron chi connectivity index (χ3n) is 2.23. The van der Waals surface area contributed by atoms with E-state index in [1.165, 1.54) is 6.07 Å². The molecule has 0 bridgehead atoms. The van der Waals surface area contributed by atoms with E-state index in [0.717, 1.165) is 18.3 Å². The zero-order valence-corrected chi connectivity index (χ0v) is 11.5. The lowest BCUT2D eigenvalue weighted by molar-refractivity contribution is -0.133. The van der Waals surface area contributed by atoms with Gasteiger partial charge in [0.15, 0.2) is 5.16 Å². The van der Waals surface area contributed by atoms with Crippen molar-refractivity contribution in [2.75, 3.05) is 26.4 Å². The molecule has 0 aliphatic heterocycles. The molecule has 1 unspecified atom stereocenters. The van der Waals surface area contributed by atoms with Gasteiger partial charge in [0, 0.05) is 24.8 Å². The smallest absolute Gasteiger partial charge is 0.313 e. The van der Waals surface area contributed by atoms with E-state index in [-0.39, 0.29) is 17.4 Å². The lowest BCUT2D eigenvalue weighted by Gasteiger charge is -2.21. The van der Waals surface area contributed by atoms with Crippen LogP contribution < -0.4 is 5.56 Å². The standard InChI is InChI=1S/C11H17N3O3S/c1-8(6-13(2)3)14-5-4-9(15)12-11(14)18-7-10(16)17/h4-5,8H,6-7H2,1-3H3,(H,16,17). The van der Waals surface area contributed by atoms with Gasteiger partial charge >= 0.3 is 5.97 Å². The average molecular weight is 271 g/mol. The first kappa shape index (κ1) is 14.7. The van der Waals surface area contributed by atoms with Crippen molar-refractivity contribution >= 4 is 17.7 Å². The van der Waals surface area contributed by atoms with Crippen LogP contribution >= 0.6 is 11.8 Å². The predicted molar refractivity (Wildman–Crippen MR) is 70.1 cm³/mol. The summed E-state index contributed by atoms with van der Waals surface area (Å²) in [7, 11) is 3.91. The minimum atomic E-state index is -0.926. The van der Waals surface area contributed by atoms with E-state index in [4.69, 9.17) is 5.11 Å². The number of carboxylic acids is 1. The van der Waals surface area contributed by atoms with Crippen LogP contribution in [0.2, 0.25) is 0 Å². The summed E-state index contributed by atoms with van der Waals surface area (Å²) in [6, 6.07) is 1.50. The number of likely N-dealkylation sites (N-methyl/N-ethyl adjacent to an activating group) is 1. The Kier molecular flexibility index (Phi) is 5.36. The molecule has 1 heterocycles. The summed E-state index contributed by atoms with van der Waals surface area (Å²) in [6.45, 7) is 2.78. The van der Waals surface area contributed by atoms with E-state index < -0.39 is 5.97 Å². The molecular weight excluding hydrogens is 254 g/mol. The maximum absolute atomic E-state index is 11.2. The number of thioether (sulfide) groups is 1. The highest BCUT2D eigenvalue weighted by Gasteiger charge is 2.12. The maximum Gasteiger partial charge on any atom is 0.313 e. The summed E-state index contributed by atoms with van der Waals surface area (Å²) >= 11 is 1.06. The maximum atomic E-state index is 11.2. The van der Waals surface area contributed by atoms with Gasteiger partial charge in [-0.05, 0) is 21.0 Å². The van der Waals surface area contributed by atoms with E-state index in [1.54, 1.807) is 6.20 Å².